The molecule has 25 heavy (non-hydrogen) atoms. The van der Waals surface area contributed by atoms with E-state index in [1.165, 1.54) is 17.0 Å². The molecule has 3 amide bonds. The third kappa shape index (κ3) is 4.15. The second-order valence-corrected chi connectivity index (χ2v) is 5.96. The Hall–Kier alpha value is -2.89. The molecule has 5 nitrogen and oxygen atoms in total. The molecule has 1 aliphatic rings. The van der Waals surface area contributed by atoms with E-state index in [2.05, 4.69) is 10.6 Å². The summed E-state index contributed by atoms with van der Waals surface area (Å²) in [5.74, 6) is -0.690. The number of nitrogens with one attached hydrogen (secondary N) is 2. The Morgan fingerprint density at radius 3 is 2.56 bits per heavy atom. The van der Waals surface area contributed by atoms with Crippen molar-refractivity contribution in [3.63, 3.8) is 0 Å². The van der Waals surface area contributed by atoms with Gasteiger partial charge < -0.3 is 15.5 Å². The topological polar surface area (TPSA) is 61.4 Å². The highest BCUT2D eigenvalue weighted by Crippen LogP contribution is 2.20. The number of hydrogen-bond donors (Lipinski definition) is 2. The summed E-state index contributed by atoms with van der Waals surface area (Å²) in [6.45, 7) is 0.892. The van der Waals surface area contributed by atoms with Gasteiger partial charge in [-0.3, -0.25) is 4.79 Å². The third-order valence-corrected chi connectivity index (χ3v) is 4.24. The fraction of sp³-hybridized carbons (Fsp3) is 0.263. The lowest BCUT2D eigenvalue weighted by Crippen LogP contribution is -2.47. The van der Waals surface area contributed by atoms with Crippen LogP contribution in [0.2, 0.25) is 0 Å². The van der Waals surface area contributed by atoms with E-state index >= 15 is 0 Å². The molecule has 0 spiro atoms. The van der Waals surface area contributed by atoms with E-state index in [0.29, 0.717) is 19.5 Å². The molecule has 2 aromatic rings. The van der Waals surface area contributed by atoms with Crippen LogP contribution in [0.4, 0.5) is 14.9 Å². The van der Waals surface area contributed by atoms with Crippen LogP contribution < -0.4 is 10.6 Å². The standard InChI is InChI=1S/C19H20FN3O2/c20-15-9-4-5-10-16(15)22-19(25)23-12-6-11-17(23)18(24)21-13-14-7-2-1-3-8-14/h1-5,7-10,17H,6,11-13H2,(H,21,24)(H,22,25)/t17-/m1/s1. The van der Waals surface area contributed by atoms with Crippen molar-refractivity contribution in [3.05, 3.63) is 66.0 Å². The lowest BCUT2D eigenvalue weighted by atomic mass is 10.2. The van der Waals surface area contributed by atoms with E-state index < -0.39 is 17.9 Å². The third-order valence-electron chi connectivity index (χ3n) is 4.24. The summed E-state index contributed by atoms with van der Waals surface area (Å²) in [6, 6.07) is 14.6. The van der Waals surface area contributed by atoms with Crippen molar-refractivity contribution in [2.24, 2.45) is 0 Å². The summed E-state index contributed by atoms with van der Waals surface area (Å²) >= 11 is 0. The van der Waals surface area contributed by atoms with Gasteiger partial charge in [0.2, 0.25) is 5.91 Å². The van der Waals surface area contributed by atoms with Crippen LogP contribution in [0.1, 0.15) is 18.4 Å². The molecule has 0 aromatic heterocycles. The van der Waals surface area contributed by atoms with Gasteiger partial charge in [0.25, 0.3) is 0 Å². The van der Waals surface area contributed by atoms with Crippen molar-refractivity contribution in [2.75, 3.05) is 11.9 Å². The lowest BCUT2D eigenvalue weighted by Gasteiger charge is -2.24. The molecule has 1 heterocycles. The summed E-state index contributed by atoms with van der Waals surface area (Å²) in [5, 5.41) is 5.41. The normalized spacial score (nSPS) is 16.5. The minimum atomic E-state index is -0.532. The zero-order valence-electron chi connectivity index (χ0n) is 13.7. The summed E-state index contributed by atoms with van der Waals surface area (Å²) in [5.41, 5.74) is 1.11. The molecule has 0 aliphatic carbocycles. The predicted octanol–water partition coefficient (Wildman–Crippen LogP) is 3.14. The van der Waals surface area contributed by atoms with Crippen molar-refractivity contribution in [2.45, 2.75) is 25.4 Å². The number of carbonyl (C=O) groups excluding carboxylic acids is 2. The Morgan fingerprint density at radius 1 is 1.08 bits per heavy atom. The SMILES string of the molecule is O=C(NCc1ccccc1)[C@H]1CCCN1C(=O)Nc1ccccc1F. The maximum absolute atomic E-state index is 13.7. The second kappa shape index (κ2) is 7.79. The van der Waals surface area contributed by atoms with Gasteiger partial charge in [-0.2, -0.15) is 0 Å². The average molecular weight is 341 g/mol. The van der Waals surface area contributed by atoms with Crippen molar-refractivity contribution in [1.82, 2.24) is 10.2 Å². The molecular weight excluding hydrogens is 321 g/mol. The molecule has 0 saturated carbocycles. The highest BCUT2D eigenvalue weighted by atomic mass is 19.1. The first kappa shape index (κ1) is 17.0. The van der Waals surface area contributed by atoms with Crippen LogP contribution in [0.5, 0.6) is 0 Å². The van der Waals surface area contributed by atoms with E-state index in [-0.39, 0.29) is 11.6 Å². The van der Waals surface area contributed by atoms with E-state index in [0.717, 1.165) is 12.0 Å². The van der Waals surface area contributed by atoms with Crippen LogP contribution in [-0.2, 0) is 11.3 Å². The number of amides is 3. The minimum Gasteiger partial charge on any atom is -0.350 e. The van der Waals surface area contributed by atoms with Gasteiger partial charge in [0.05, 0.1) is 5.69 Å². The molecule has 0 unspecified atom stereocenters. The van der Waals surface area contributed by atoms with Crippen LogP contribution >= 0.6 is 0 Å². The fourth-order valence-electron chi connectivity index (χ4n) is 2.93. The van der Waals surface area contributed by atoms with E-state index in [1.54, 1.807) is 12.1 Å². The van der Waals surface area contributed by atoms with Gasteiger partial charge in [0, 0.05) is 13.1 Å². The number of hydrogen-bond acceptors (Lipinski definition) is 2. The Kier molecular flexibility index (Phi) is 5.28. The number of urea groups is 1. The number of rotatable bonds is 4. The number of nitrogens with zero attached hydrogens (tertiary/aromatic N) is 1. The number of carbonyl (C=O) groups is 2. The number of anilines is 1. The number of likely N-dealkylation sites (tertiary alicyclic amines) is 1. The number of halogens is 1. The van der Waals surface area contributed by atoms with E-state index in [4.69, 9.17) is 0 Å². The maximum atomic E-state index is 13.7. The largest absolute Gasteiger partial charge is 0.350 e. The van der Waals surface area contributed by atoms with Gasteiger partial charge in [0.15, 0.2) is 0 Å². The first-order valence-corrected chi connectivity index (χ1v) is 8.29. The highest BCUT2D eigenvalue weighted by molar-refractivity contribution is 5.94. The van der Waals surface area contributed by atoms with Crippen molar-refractivity contribution < 1.29 is 14.0 Å². The Labute approximate surface area is 145 Å². The molecule has 6 heteroatoms. The molecule has 3 rings (SSSR count). The Balaban J connectivity index is 1.60. The van der Waals surface area contributed by atoms with Gasteiger partial charge in [-0.05, 0) is 30.5 Å². The Bertz CT molecular complexity index is 751. The lowest BCUT2D eigenvalue weighted by molar-refractivity contribution is -0.124. The summed E-state index contributed by atoms with van der Waals surface area (Å²) in [4.78, 5) is 26.3. The number of benzene rings is 2. The summed E-state index contributed by atoms with van der Waals surface area (Å²) in [7, 11) is 0. The molecule has 1 fully saturated rings. The highest BCUT2D eigenvalue weighted by Gasteiger charge is 2.34. The van der Waals surface area contributed by atoms with Crippen LogP contribution in [0.3, 0.4) is 0 Å². The maximum Gasteiger partial charge on any atom is 0.322 e. The zero-order chi connectivity index (χ0) is 17.6. The van der Waals surface area contributed by atoms with Gasteiger partial charge >= 0.3 is 6.03 Å². The molecule has 0 radical (unpaired) electrons. The second-order valence-electron chi connectivity index (χ2n) is 5.96. The molecule has 0 bridgehead atoms. The van der Waals surface area contributed by atoms with Gasteiger partial charge in [-0.1, -0.05) is 42.5 Å². The first-order valence-electron chi connectivity index (χ1n) is 8.29. The summed E-state index contributed by atoms with van der Waals surface area (Å²) < 4.78 is 13.7. The van der Waals surface area contributed by atoms with Crippen LogP contribution in [0, 0.1) is 5.82 Å². The molecule has 130 valence electrons. The summed E-state index contributed by atoms with van der Waals surface area (Å²) in [6.07, 6.45) is 1.35. The van der Waals surface area contributed by atoms with Crippen molar-refractivity contribution >= 4 is 17.6 Å². The number of para-hydroxylation sites is 1. The van der Waals surface area contributed by atoms with Crippen LogP contribution in [0.25, 0.3) is 0 Å². The first-order chi connectivity index (χ1) is 12.1. The molecule has 1 atom stereocenters. The Morgan fingerprint density at radius 2 is 1.80 bits per heavy atom. The monoisotopic (exact) mass is 341 g/mol. The van der Waals surface area contributed by atoms with Gasteiger partial charge in [-0.15, -0.1) is 0 Å². The molecule has 1 saturated heterocycles. The van der Waals surface area contributed by atoms with Gasteiger partial charge in [-0.25, -0.2) is 9.18 Å². The molecule has 2 N–H and O–H groups in total. The van der Waals surface area contributed by atoms with E-state index in [9.17, 15) is 14.0 Å². The van der Waals surface area contributed by atoms with Crippen LogP contribution in [-0.4, -0.2) is 29.4 Å². The van der Waals surface area contributed by atoms with E-state index in [1.807, 2.05) is 30.3 Å². The van der Waals surface area contributed by atoms with Crippen molar-refractivity contribution in [3.8, 4) is 0 Å². The fourth-order valence-corrected chi connectivity index (χ4v) is 2.93. The minimum absolute atomic E-state index is 0.114. The molecule has 1 aliphatic heterocycles. The average Bonchev–Trinajstić information content (AvgIpc) is 3.12. The van der Waals surface area contributed by atoms with Crippen molar-refractivity contribution in [1.29, 1.82) is 0 Å². The van der Waals surface area contributed by atoms with Gasteiger partial charge in [0.1, 0.15) is 11.9 Å². The zero-order valence-corrected chi connectivity index (χ0v) is 13.7. The smallest absolute Gasteiger partial charge is 0.322 e. The van der Waals surface area contributed by atoms with Crippen LogP contribution in [0.15, 0.2) is 54.6 Å². The molecular formula is C19H20FN3O2. The quantitative estimate of drug-likeness (QED) is 0.897. The molecule has 2 aromatic carbocycles. The predicted molar refractivity (Wildman–Crippen MR) is 93.4 cm³/mol.